The molecule has 1 amide bonds. The summed E-state index contributed by atoms with van der Waals surface area (Å²) >= 11 is 4.93. The first-order valence-electron chi connectivity index (χ1n) is 5.88. The quantitative estimate of drug-likeness (QED) is 0.838. The summed E-state index contributed by atoms with van der Waals surface area (Å²) in [7, 11) is 0. The van der Waals surface area contributed by atoms with E-state index in [2.05, 4.69) is 5.32 Å². The van der Waals surface area contributed by atoms with E-state index in [4.69, 9.17) is 18.0 Å². The van der Waals surface area contributed by atoms with E-state index in [1.807, 2.05) is 37.3 Å². The predicted molar refractivity (Wildman–Crippen MR) is 80.1 cm³/mol. The summed E-state index contributed by atoms with van der Waals surface area (Å²) in [6, 6.07) is 11.3. The highest BCUT2D eigenvalue weighted by atomic mass is 32.1. The molecule has 0 aliphatic heterocycles. The first-order chi connectivity index (χ1) is 9.06. The van der Waals surface area contributed by atoms with Gasteiger partial charge >= 0.3 is 0 Å². The number of nitrogens with zero attached hydrogens (tertiary/aromatic N) is 1. The van der Waals surface area contributed by atoms with Crippen molar-refractivity contribution in [2.24, 2.45) is 5.73 Å². The lowest BCUT2D eigenvalue weighted by atomic mass is 10.2. The molecule has 0 aliphatic rings. The van der Waals surface area contributed by atoms with Crippen LogP contribution in [0.1, 0.15) is 11.3 Å². The molecule has 5 heteroatoms. The van der Waals surface area contributed by atoms with E-state index in [1.54, 1.807) is 16.8 Å². The van der Waals surface area contributed by atoms with Gasteiger partial charge in [-0.1, -0.05) is 29.9 Å². The van der Waals surface area contributed by atoms with Gasteiger partial charge in [0.05, 0.1) is 5.69 Å². The summed E-state index contributed by atoms with van der Waals surface area (Å²) in [6.45, 7) is 2.19. The van der Waals surface area contributed by atoms with Crippen molar-refractivity contribution in [3.05, 3.63) is 53.9 Å². The van der Waals surface area contributed by atoms with Crippen molar-refractivity contribution in [3.8, 4) is 0 Å². The lowest BCUT2D eigenvalue weighted by Crippen LogP contribution is -2.22. The van der Waals surface area contributed by atoms with Crippen LogP contribution in [-0.4, -0.2) is 15.5 Å². The highest BCUT2D eigenvalue weighted by Crippen LogP contribution is 2.09. The first-order valence-corrected chi connectivity index (χ1v) is 6.28. The van der Waals surface area contributed by atoms with E-state index in [0.717, 1.165) is 11.3 Å². The summed E-state index contributed by atoms with van der Waals surface area (Å²) in [5.74, 6) is -0.113. The fourth-order valence-corrected chi connectivity index (χ4v) is 1.95. The molecule has 1 aromatic heterocycles. The van der Waals surface area contributed by atoms with Crippen molar-refractivity contribution in [3.63, 3.8) is 0 Å². The van der Waals surface area contributed by atoms with Crippen molar-refractivity contribution < 1.29 is 4.79 Å². The van der Waals surface area contributed by atoms with Crippen LogP contribution in [0.25, 0.3) is 0 Å². The maximum atomic E-state index is 11.9. The molecule has 0 spiro atoms. The smallest absolute Gasteiger partial charge is 0.244 e. The molecule has 19 heavy (non-hydrogen) atoms. The van der Waals surface area contributed by atoms with Gasteiger partial charge < -0.3 is 15.6 Å². The number of hydrogen-bond acceptors (Lipinski definition) is 2. The molecular formula is C14H15N3OS. The van der Waals surface area contributed by atoms with Gasteiger partial charge in [-0.05, 0) is 31.2 Å². The third-order valence-corrected chi connectivity index (χ3v) is 2.94. The number of carbonyl (C=O) groups excluding carboxylic acids is 1. The van der Waals surface area contributed by atoms with Crippen LogP contribution in [0.2, 0.25) is 0 Å². The van der Waals surface area contributed by atoms with Gasteiger partial charge in [0.15, 0.2) is 0 Å². The molecule has 3 N–H and O–H groups in total. The molecule has 98 valence electrons. The van der Waals surface area contributed by atoms with E-state index < -0.39 is 0 Å². The van der Waals surface area contributed by atoms with E-state index in [1.165, 1.54) is 0 Å². The third-order valence-electron chi connectivity index (χ3n) is 2.73. The molecule has 0 radical (unpaired) electrons. The first kappa shape index (κ1) is 13.3. The van der Waals surface area contributed by atoms with Crippen molar-refractivity contribution in [1.29, 1.82) is 0 Å². The molecule has 0 aliphatic carbocycles. The zero-order valence-corrected chi connectivity index (χ0v) is 11.4. The molecular weight excluding hydrogens is 258 g/mol. The largest absolute Gasteiger partial charge is 0.388 e. The second kappa shape index (κ2) is 5.67. The number of nitrogens with two attached hydrogens (primary N) is 1. The van der Waals surface area contributed by atoms with Crippen LogP contribution in [-0.2, 0) is 11.3 Å². The van der Waals surface area contributed by atoms with Crippen LogP contribution in [0.4, 0.5) is 5.69 Å². The Labute approximate surface area is 117 Å². The lowest BCUT2D eigenvalue weighted by Gasteiger charge is -2.09. The molecule has 0 bridgehead atoms. The van der Waals surface area contributed by atoms with Gasteiger partial charge in [0, 0.05) is 11.9 Å². The monoisotopic (exact) mass is 273 g/mol. The molecule has 4 nitrogen and oxygen atoms in total. The summed E-state index contributed by atoms with van der Waals surface area (Å²) in [6.07, 6.45) is 1.78. The van der Waals surface area contributed by atoms with Crippen LogP contribution >= 0.6 is 12.2 Å². The van der Waals surface area contributed by atoms with Gasteiger partial charge in [0.25, 0.3) is 0 Å². The Bertz CT molecular complexity index is 601. The number of nitrogens with one attached hydrogen (secondary N) is 1. The van der Waals surface area contributed by atoms with Crippen LogP contribution in [0.5, 0.6) is 0 Å². The third kappa shape index (κ3) is 3.42. The lowest BCUT2D eigenvalue weighted by molar-refractivity contribution is -0.116. The number of aromatic nitrogens is 1. The minimum Gasteiger partial charge on any atom is -0.388 e. The standard InChI is InChI=1S/C14H15N3OS/c1-10-4-6-11(7-5-10)16-13(18)9-17-8-2-3-12(17)14(15)19/h2-8H,9H2,1H3,(H2,15,19)(H,16,18). The number of thiocarbonyl (C=S) groups is 1. The van der Waals surface area contributed by atoms with Gasteiger partial charge in [-0.3, -0.25) is 4.79 Å². The Morgan fingerprint density at radius 3 is 2.63 bits per heavy atom. The van der Waals surface area contributed by atoms with Crippen LogP contribution < -0.4 is 11.1 Å². The molecule has 1 aromatic carbocycles. The maximum Gasteiger partial charge on any atom is 0.244 e. The van der Waals surface area contributed by atoms with Gasteiger partial charge in [-0.25, -0.2) is 0 Å². The topological polar surface area (TPSA) is 60.0 Å². The minimum absolute atomic E-state index is 0.113. The van der Waals surface area contributed by atoms with E-state index >= 15 is 0 Å². The number of rotatable bonds is 4. The Kier molecular flexibility index (Phi) is 3.97. The minimum atomic E-state index is -0.113. The van der Waals surface area contributed by atoms with Gasteiger partial charge in [0.2, 0.25) is 5.91 Å². The van der Waals surface area contributed by atoms with Crippen molar-refractivity contribution >= 4 is 28.8 Å². The molecule has 2 aromatic rings. The zero-order valence-electron chi connectivity index (χ0n) is 10.6. The molecule has 0 atom stereocenters. The van der Waals surface area contributed by atoms with E-state index in [9.17, 15) is 4.79 Å². The van der Waals surface area contributed by atoms with E-state index in [0.29, 0.717) is 5.69 Å². The number of hydrogen-bond donors (Lipinski definition) is 2. The maximum absolute atomic E-state index is 11.9. The van der Waals surface area contributed by atoms with Gasteiger partial charge in [0.1, 0.15) is 11.5 Å². The van der Waals surface area contributed by atoms with Crippen molar-refractivity contribution in [2.75, 3.05) is 5.32 Å². The molecule has 0 saturated carbocycles. The fraction of sp³-hybridized carbons (Fsp3) is 0.143. The van der Waals surface area contributed by atoms with Crippen LogP contribution in [0, 0.1) is 6.92 Å². The van der Waals surface area contributed by atoms with E-state index in [-0.39, 0.29) is 17.4 Å². The SMILES string of the molecule is Cc1ccc(NC(=O)Cn2cccc2C(N)=S)cc1. The number of aryl methyl sites for hydroxylation is 1. The highest BCUT2D eigenvalue weighted by Gasteiger charge is 2.08. The second-order valence-electron chi connectivity index (χ2n) is 4.30. The highest BCUT2D eigenvalue weighted by molar-refractivity contribution is 7.80. The number of carbonyl (C=O) groups is 1. The molecule has 0 fully saturated rings. The zero-order chi connectivity index (χ0) is 13.8. The normalized spacial score (nSPS) is 10.2. The Morgan fingerprint density at radius 1 is 1.32 bits per heavy atom. The molecule has 0 saturated heterocycles. The summed E-state index contributed by atoms with van der Waals surface area (Å²) in [5, 5.41) is 2.83. The fourth-order valence-electron chi connectivity index (χ4n) is 1.77. The summed E-state index contributed by atoms with van der Waals surface area (Å²) < 4.78 is 1.73. The number of benzene rings is 1. The van der Waals surface area contributed by atoms with Gasteiger partial charge in [-0.15, -0.1) is 0 Å². The van der Waals surface area contributed by atoms with Crippen molar-refractivity contribution in [2.45, 2.75) is 13.5 Å². The van der Waals surface area contributed by atoms with Gasteiger partial charge in [-0.2, -0.15) is 0 Å². The second-order valence-corrected chi connectivity index (χ2v) is 4.74. The predicted octanol–water partition coefficient (Wildman–Crippen LogP) is 2.07. The Hall–Kier alpha value is -2.14. The summed E-state index contributed by atoms with van der Waals surface area (Å²) in [5.41, 5.74) is 8.20. The summed E-state index contributed by atoms with van der Waals surface area (Å²) in [4.78, 5) is 12.2. The average molecular weight is 273 g/mol. The molecule has 0 unspecified atom stereocenters. The Balaban J connectivity index is 2.03. The average Bonchev–Trinajstić information content (AvgIpc) is 2.80. The van der Waals surface area contributed by atoms with Crippen LogP contribution in [0.15, 0.2) is 42.6 Å². The molecule has 2 rings (SSSR count). The van der Waals surface area contributed by atoms with Crippen molar-refractivity contribution in [1.82, 2.24) is 4.57 Å². The van der Waals surface area contributed by atoms with Crippen LogP contribution in [0.3, 0.4) is 0 Å². The number of anilines is 1. The molecule has 1 heterocycles. The Morgan fingerprint density at radius 2 is 2.00 bits per heavy atom. The number of amides is 1.